The molecule has 2 aliphatic rings. The molecular weight excluding hydrogens is 352 g/mol. The lowest BCUT2D eigenvalue weighted by Crippen LogP contribution is -2.39. The molecule has 1 aromatic heterocycles. The van der Waals surface area contributed by atoms with E-state index in [1.165, 1.54) is 0 Å². The Morgan fingerprint density at radius 1 is 1.11 bits per heavy atom. The number of hydrogen-bond donors (Lipinski definition) is 1. The van der Waals surface area contributed by atoms with Crippen LogP contribution in [0.4, 0.5) is 5.69 Å². The monoisotopic (exact) mass is 372 g/mol. The number of anilines is 1. The van der Waals surface area contributed by atoms with Gasteiger partial charge in [-0.2, -0.15) is 5.10 Å². The van der Waals surface area contributed by atoms with Crippen molar-refractivity contribution in [2.45, 2.75) is 18.4 Å². The number of carbonyl (C=O) groups excluding carboxylic acids is 2. The molecule has 1 atom stereocenters. The summed E-state index contributed by atoms with van der Waals surface area (Å²) < 4.78 is 1.77. The predicted molar refractivity (Wildman–Crippen MR) is 105 cm³/mol. The Labute approximate surface area is 162 Å². The average Bonchev–Trinajstić information content (AvgIpc) is 3.42. The van der Waals surface area contributed by atoms with Crippen molar-refractivity contribution in [1.29, 1.82) is 0 Å². The summed E-state index contributed by atoms with van der Waals surface area (Å²) in [5.41, 5.74) is 2.91. The number of nitrogens with one attached hydrogen (secondary N) is 1. The maximum absolute atomic E-state index is 13.0. The Morgan fingerprint density at radius 2 is 1.89 bits per heavy atom. The van der Waals surface area contributed by atoms with E-state index in [0.717, 1.165) is 16.8 Å². The molecule has 0 bridgehead atoms. The number of rotatable bonds is 3. The van der Waals surface area contributed by atoms with Crippen LogP contribution >= 0.6 is 0 Å². The molecule has 28 heavy (non-hydrogen) atoms. The third-order valence-electron chi connectivity index (χ3n) is 5.75. The molecule has 0 radical (unpaired) electrons. The van der Waals surface area contributed by atoms with E-state index in [-0.39, 0.29) is 11.8 Å². The van der Waals surface area contributed by atoms with Crippen molar-refractivity contribution in [3.05, 3.63) is 83.7 Å². The molecule has 1 N–H and O–H groups in total. The van der Waals surface area contributed by atoms with Gasteiger partial charge in [0.2, 0.25) is 5.91 Å². The van der Waals surface area contributed by atoms with Crippen LogP contribution in [0, 0.1) is 0 Å². The molecule has 2 aliphatic heterocycles. The highest BCUT2D eigenvalue weighted by Gasteiger charge is 2.52. The van der Waals surface area contributed by atoms with Gasteiger partial charge >= 0.3 is 0 Å². The van der Waals surface area contributed by atoms with Crippen molar-refractivity contribution in [3.8, 4) is 0 Å². The fraction of sp³-hybridized carbons (Fsp3) is 0.227. The van der Waals surface area contributed by atoms with E-state index in [1.807, 2.05) is 54.6 Å². The molecule has 1 unspecified atom stereocenters. The van der Waals surface area contributed by atoms with Gasteiger partial charge in [0.15, 0.2) is 0 Å². The largest absolute Gasteiger partial charge is 0.337 e. The van der Waals surface area contributed by atoms with Gasteiger partial charge in [-0.05, 0) is 23.6 Å². The minimum Gasteiger partial charge on any atom is -0.337 e. The Morgan fingerprint density at radius 3 is 2.75 bits per heavy atom. The van der Waals surface area contributed by atoms with Gasteiger partial charge in [0.1, 0.15) is 0 Å². The minimum atomic E-state index is -0.633. The van der Waals surface area contributed by atoms with Gasteiger partial charge in [-0.1, -0.05) is 48.5 Å². The fourth-order valence-electron chi connectivity index (χ4n) is 4.28. The van der Waals surface area contributed by atoms with E-state index in [1.54, 1.807) is 22.0 Å². The van der Waals surface area contributed by atoms with Gasteiger partial charge in [-0.15, -0.1) is 0 Å². The van der Waals surface area contributed by atoms with Crippen LogP contribution in [0.1, 0.15) is 27.9 Å². The molecule has 3 heterocycles. The first-order valence-electron chi connectivity index (χ1n) is 9.42. The molecule has 140 valence electrons. The van der Waals surface area contributed by atoms with Crippen LogP contribution in [0.2, 0.25) is 0 Å². The van der Waals surface area contributed by atoms with Crippen LogP contribution in [0.3, 0.4) is 0 Å². The first kappa shape index (κ1) is 16.7. The van der Waals surface area contributed by atoms with Crippen LogP contribution in [-0.2, 0) is 16.8 Å². The van der Waals surface area contributed by atoms with Crippen molar-refractivity contribution in [2.75, 3.05) is 18.4 Å². The van der Waals surface area contributed by atoms with Crippen molar-refractivity contribution in [1.82, 2.24) is 14.7 Å². The lowest BCUT2D eigenvalue weighted by Gasteiger charge is -2.22. The summed E-state index contributed by atoms with van der Waals surface area (Å²) in [5, 5.41) is 7.30. The second-order valence-electron chi connectivity index (χ2n) is 7.47. The molecule has 1 fully saturated rings. The van der Waals surface area contributed by atoms with Crippen molar-refractivity contribution in [3.63, 3.8) is 0 Å². The number of benzene rings is 2. The Kier molecular flexibility index (Phi) is 3.79. The third-order valence-corrected chi connectivity index (χ3v) is 5.75. The third kappa shape index (κ3) is 2.60. The second kappa shape index (κ2) is 6.34. The highest BCUT2D eigenvalue weighted by atomic mass is 16.2. The number of para-hydroxylation sites is 1. The SMILES string of the molecule is O=C(c1cnn(Cc2ccccc2)c1)N1CCC2(C1)C(=O)Nc1ccccc12. The lowest BCUT2D eigenvalue weighted by molar-refractivity contribution is -0.120. The molecule has 6 nitrogen and oxygen atoms in total. The average molecular weight is 372 g/mol. The number of amides is 2. The van der Waals surface area contributed by atoms with Gasteiger partial charge in [0, 0.05) is 25.0 Å². The zero-order chi connectivity index (χ0) is 19.1. The maximum Gasteiger partial charge on any atom is 0.257 e. The standard InChI is InChI=1S/C22H20N4O2/c27-20(17-12-23-26(14-17)13-16-6-2-1-3-7-16)25-11-10-22(15-25)18-8-4-5-9-19(18)24-21(22)28/h1-9,12,14H,10-11,13,15H2,(H,24,28). The second-order valence-corrected chi connectivity index (χ2v) is 7.47. The van der Waals surface area contributed by atoms with E-state index >= 15 is 0 Å². The molecule has 1 spiro atoms. The molecule has 6 heteroatoms. The minimum absolute atomic E-state index is 0.0104. The number of likely N-dealkylation sites (tertiary alicyclic amines) is 1. The van der Waals surface area contributed by atoms with Crippen molar-refractivity contribution < 1.29 is 9.59 Å². The number of hydrogen-bond acceptors (Lipinski definition) is 3. The summed E-state index contributed by atoms with van der Waals surface area (Å²) in [6, 6.07) is 17.8. The van der Waals surface area contributed by atoms with Gasteiger partial charge in [0.05, 0.1) is 23.7 Å². The number of carbonyl (C=O) groups is 2. The fourth-order valence-corrected chi connectivity index (χ4v) is 4.28. The van der Waals surface area contributed by atoms with Crippen molar-refractivity contribution >= 4 is 17.5 Å². The molecule has 1 saturated heterocycles. The highest BCUT2D eigenvalue weighted by Crippen LogP contribution is 2.44. The molecule has 0 saturated carbocycles. The summed E-state index contributed by atoms with van der Waals surface area (Å²) in [4.78, 5) is 27.5. The normalized spacial score (nSPS) is 20.4. The first-order chi connectivity index (χ1) is 13.7. The molecule has 2 aromatic carbocycles. The zero-order valence-corrected chi connectivity index (χ0v) is 15.3. The zero-order valence-electron chi connectivity index (χ0n) is 15.3. The molecule has 2 amide bonds. The Bertz CT molecular complexity index is 1060. The van der Waals surface area contributed by atoms with Gasteiger partial charge in [0.25, 0.3) is 5.91 Å². The molecular formula is C22H20N4O2. The van der Waals surface area contributed by atoms with Gasteiger partial charge in [-0.3, -0.25) is 14.3 Å². The topological polar surface area (TPSA) is 67.2 Å². The summed E-state index contributed by atoms with van der Waals surface area (Å²) >= 11 is 0. The Balaban J connectivity index is 1.34. The van der Waals surface area contributed by atoms with E-state index < -0.39 is 5.41 Å². The summed E-state index contributed by atoms with van der Waals surface area (Å²) in [7, 11) is 0. The summed E-state index contributed by atoms with van der Waals surface area (Å²) in [6.07, 6.45) is 4.03. The predicted octanol–water partition coefficient (Wildman–Crippen LogP) is 2.67. The van der Waals surface area contributed by atoms with Gasteiger partial charge in [-0.25, -0.2) is 0 Å². The molecule has 5 rings (SSSR count). The van der Waals surface area contributed by atoms with E-state index in [0.29, 0.717) is 31.6 Å². The highest BCUT2D eigenvalue weighted by molar-refractivity contribution is 6.07. The van der Waals surface area contributed by atoms with Gasteiger partial charge < -0.3 is 10.2 Å². The van der Waals surface area contributed by atoms with Crippen LogP contribution in [0.15, 0.2) is 67.0 Å². The lowest BCUT2D eigenvalue weighted by atomic mass is 9.81. The number of nitrogens with zero attached hydrogens (tertiary/aromatic N) is 3. The maximum atomic E-state index is 13.0. The van der Waals surface area contributed by atoms with Crippen LogP contribution in [0.5, 0.6) is 0 Å². The first-order valence-corrected chi connectivity index (χ1v) is 9.42. The summed E-state index contributed by atoms with van der Waals surface area (Å²) in [5.74, 6) is -0.0860. The number of aromatic nitrogens is 2. The quantitative estimate of drug-likeness (QED) is 0.769. The Hall–Kier alpha value is -3.41. The molecule has 3 aromatic rings. The van der Waals surface area contributed by atoms with Crippen LogP contribution in [0.25, 0.3) is 0 Å². The van der Waals surface area contributed by atoms with E-state index in [9.17, 15) is 9.59 Å². The van der Waals surface area contributed by atoms with Crippen LogP contribution in [-0.4, -0.2) is 39.6 Å². The van der Waals surface area contributed by atoms with E-state index in [4.69, 9.17) is 0 Å². The van der Waals surface area contributed by atoms with Crippen LogP contribution < -0.4 is 5.32 Å². The van der Waals surface area contributed by atoms with E-state index in [2.05, 4.69) is 10.4 Å². The summed E-state index contributed by atoms with van der Waals surface area (Å²) in [6.45, 7) is 1.58. The number of fused-ring (bicyclic) bond motifs is 2. The van der Waals surface area contributed by atoms with Crippen molar-refractivity contribution in [2.24, 2.45) is 0 Å². The molecule has 0 aliphatic carbocycles. The smallest absolute Gasteiger partial charge is 0.257 e.